The van der Waals surface area contributed by atoms with Crippen LogP contribution in [0.3, 0.4) is 0 Å². The number of esters is 2. The van der Waals surface area contributed by atoms with Crippen molar-refractivity contribution >= 4 is 11.9 Å². The standard InChI is InChI=1S/C29H26O4/c1-3-7-27(30)32-25-15-11-23(12-16-25)29(19-21-9-5-6-10-22(21)20-29)24-13-17-26(18-14-24)33-28(31)8-4-2/h3-18H,19-20H2,1-2H3. The first-order valence-electron chi connectivity index (χ1n) is 11.0. The van der Waals surface area contributed by atoms with E-state index in [4.69, 9.17) is 9.47 Å². The van der Waals surface area contributed by atoms with E-state index in [9.17, 15) is 9.59 Å². The normalized spacial score (nSPS) is 14.4. The molecule has 4 rings (SSSR count). The number of carbonyl (C=O) groups is 2. The van der Waals surface area contributed by atoms with Crippen molar-refractivity contribution in [3.05, 3.63) is 119 Å². The van der Waals surface area contributed by atoms with Gasteiger partial charge in [0, 0.05) is 17.6 Å². The van der Waals surface area contributed by atoms with Crippen LogP contribution >= 0.6 is 0 Å². The average Bonchev–Trinajstić information content (AvgIpc) is 3.21. The van der Waals surface area contributed by atoms with E-state index in [0.717, 1.165) is 24.0 Å². The quantitative estimate of drug-likeness (QED) is 0.280. The van der Waals surface area contributed by atoms with Gasteiger partial charge in [0.25, 0.3) is 0 Å². The molecule has 0 fully saturated rings. The van der Waals surface area contributed by atoms with E-state index in [1.165, 1.54) is 23.3 Å². The molecule has 0 spiro atoms. The number of fused-ring (bicyclic) bond motifs is 1. The smallest absolute Gasteiger partial charge is 0.335 e. The minimum Gasteiger partial charge on any atom is -0.423 e. The van der Waals surface area contributed by atoms with Gasteiger partial charge >= 0.3 is 11.9 Å². The first-order chi connectivity index (χ1) is 16.0. The molecule has 0 heterocycles. The molecule has 33 heavy (non-hydrogen) atoms. The molecule has 0 radical (unpaired) electrons. The second-order valence-electron chi connectivity index (χ2n) is 8.10. The van der Waals surface area contributed by atoms with Gasteiger partial charge in [-0.3, -0.25) is 0 Å². The predicted molar refractivity (Wildman–Crippen MR) is 128 cm³/mol. The van der Waals surface area contributed by atoms with Gasteiger partial charge in [0.15, 0.2) is 0 Å². The topological polar surface area (TPSA) is 52.6 Å². The molecule has 1 aliphatic rings. The van der Waals surface area contributed by atoms with Gasteiger partial charge in [0.05, 0.1) is 0 Å². The Labute approximate surface area is 194 Å². The summed E-state index contributed by atoms with van der Waals surface area (Å²) in [6.07, 6.45) is 7.82. The number of rotatable bonds is 6. The largest absolute Gasteiger partial charge is 0.423 e. The molecular formula is C29H26O4. The Bertz CT molecular complexity index is 1100. The number of ether oxygens (including phenoxy) is 2. The number of hydrogen-bond acceptors (Lipinski definition) is 4. The molecule has 3 aromatic carbocycles. The zero-order valence-corrected chi connectivity index (χ0v) is 18.8. The molecule has 0 bridgehead atoms. The summed E-state index contributed by atoms with van der Waals surface area (Å²) in [5.41, 5.74) is 4.67. The maximum atomic E-state index is 11.8. The predicted octanol–water partition coefficient (Wildman–Crippen LogP) is 5.73. The summed E-state index contributed by atoms with van der Waals surface area (Å²) >= 11 is 0. The molecule has 0 saturated carbocycles. The van der Waals surface area contributed by atoms with Crippen molar-refractivity contribution in [1.29, 1.82) is 0 Å². The summed E-state index contributed by atoms with van der Waals surface area (Å²) in [6.45, 7) is 3.55. The van der Waals surface area contributed by atoms with E-state index in [0.29, 0.717) is 11.5 Å². The first kappa shape index (κ1) is 22.3. The van der Waals surface area contributed by atoms with E-state index >= 15 is 0 Å². The maximum Gasteiger partial charge on any atom is 0.335 e. The van der Waals surface area contributed by atoms with Crippen molar-refractivity contribution in [1.82, 2.24) is 0 Å². The fourth-order valence-electron chi connectivity index (χ4n) is 4.45. The van der Waals surface area contributed by atoms with Gasteiger partial charge < -0.3 is 9.47 Å². The van der Waals surface area contributed by atoms with Crippen LogP contribution in [-0.2, 0) is 27.8 Å². The molecule has 166 valence electrons. The van der Waals surface area contributed by atoms with Crippen molar-refractivity contribution < 1.29 is 19.1 Å². The first-order valence-corrected chi connectivity index (χ1v) is 11.0. The molecule has 4 heteroatoms. The summed E-state index contributed by atoms with van der Waals surface area (Å²) in [4.78, 5) is 23.6. The lowest BCUT2D eigenvalue weighted by Gasteiger charge is -2.31. The summed E-state index contributed by atoms with van der Waals surface area (Å²) < 4.78 is 10.7. The van der Waals surface area contributed by atoms with Crippen LogP contribution < -0.4 is 9.47 Å². The van der Waals surface area contributed by atoms with Gasteiger partial charge in [-0.05, 0) is 73.2 Å². The van der Waals surface area contributed by atoms with E-state index in [2.05, 4.69) is 24.3 Å². The summed E-state index contributed by atoms with van der Waals surface area (Å²) in [6, 6.07) is 24.0. The third-order valence-electron chi connectivity index (χ3n) is 5.96. The Morgan fingerprint density at radius 2 is 1.06 bits per heavy atom. The SMILES string of the molecule is CC=CC(=O)Oc1ccc(C2(c3ccc(OC(=O)C=CC)cc3)Cc3ccccc3C2)cc1. The van der Waals surface area contributed by atoms with Crippen LogP contribution in [0.2, 0.25) is 0 Å². The molecule has 0 unspecified atom stereocenters. The monoisotopic (exact) mass is 438 g/mol. The van der Waals surface area contributed by atoms with Gasteiger partial charge in [-0.1, -0.05) is 60.7 Å². The van der Waals surface area contributed by atoms with Gasteiger partial charge in [-0.2, -0.15) is 0 Å². The van der Waals surface area contributed by atoms with Crippen molar-refractivity contribution in [2.45, 2.75) is 32.1 Å². The second kappa shape index (κ2) is 9.70. The molecule has 0 amide bonds. The zero-order chi connectivity index (χ0) is 23.3. The van der Waals surface area contributed by atoms with Crippen molar-refractivity contribution in [2.24, 2.45) is 0 Å². The Balaban J connectivity index is 1.68. The third kappa shape index (κ3) is 4.80. The summed E-state index contributed by atoms with van der Waals surface area (Å²) in [5, 5.41) is 0. The lowest BCUT2D eigenvalue weighted by atomic mass is 9.72. The minimum absolute atomic E-state index is 0.262. The molecule has 0 aromatic heterocycles. The van der Waals surface area contributed by atoms with Crippen molar-refractivity contribution in [3.8, 4) is 11.5 Å². The zero-order valence-electron chi connectivity index (χ0n) is 18.8. The Morgan fingerprint density at radius 3 is 1.42 bits per heavy atom. The van der Waals surface area contributed by atoms with Crippen molar-refractivity contribution in [3.63, 3.8) is 0 Å². The number of hydrogen-bond donors (Lipinski definition) is 0. The third-order valence-corrected chi connectivity index (χ3v) is 5.96. The number of benzene rings is 3. The van der Waals surface area contributed by atoms with Gasteiger partial charge in [-0.15, -0.1) is 0 Å². The highest BCUT2D eigenvalue weighted by Crippen LogP contribution is 2.45. The van der Waals surface area contributed by atoms with Crippen LogP contribution in [0.1, 0.15) is 36.1 Å². The van der Waals surface area contributed by atoms with Crippen LogP contribution in [0.15, 0.2) is 97.1 Å². The molecule has 3 aromatic rings. The summed E-state index contributed by atoms with van der Waals surface area (Å²) in [7, 11) is 0. The minimum atomic E-state index is -0.392. The van der Waals surface area contributed by atoms with Crippen LogP contribution in [0.5, 0.6) is 11.5 Å². The van der Waals surface area contributed by atoms with Crippen LogP contribution in [0.4, 0.5) is 0 Å². The lowest BCUT2D eigenvalue weighted by Crippen LogP contribution is -2.28. The lowest BCUT2D eigenvalue weighted by molar-refractivity contribution is -0.129. The van der Waals surface area contributed by atoms with Crippen LogP contribution in [-0.4, -0.2) is 11.9 Å². The van der Waals surface area contributed by atoms with Crippen LogP contribution in [0.25, 0.3) is 0 Å². The van der Waals surface area contributed by atoms with Crippen molar-refractivity contribution in [2.75, 3.05) is 0 Å². The average molecular weight is 439 g/mol. The van der Waals surface area contributed by atoms with E-state index in [1.54, 1.807) is 26.0 Å². The molecule has 0 N–H and O–H groups in total. The van der Waals surface area contributed by atoms with Gasteiger partial charge in [-0.25, -0.2) is 9.59 Å². The fourth-order valence-corrected chi connectivity index (χ4v) is 4.45. The maximum absolute atomic E-state index is 11.8. The number of carbonyl (C=O) groups excluding carboxylic acids is 2. The van der Waals surface area contributed by atoms with Gasteiger partial charge in [0.1, 0.15) is 11.5 Å². The highest BCUT2D eigenvalue weighted by atomic mass is 16.5. The Hall–Kier alpha value is -3.92. The second-order valence-corrected chi connectivity index (χ2v) is 8.10. The van der Waals surface area contributed by atoms with Gasteiger partial charge in [0.2, 0.25) is 0 Å². The molecular weight excluding hydrogens is 412 g/mol. The van der Waals surface area contributed by atoms with E-state index in [1.807, 2.05) is 48.5 Å². The molecule has 1 aliphatic carbocycles. The van der Waals surface area contributed by atoms with Crippen LogP contribution in [0, 0.1) is 0 Å². The molecule has 0 aliphatic heterocycles. The van der Waals surface area contributed by atoms with E-state index < -0.39 is 11.9 Å². The molecule has 0 saturated heterocycles. The highest BCUT2D eigenvalue weighted by Gasteiger charge is 2.40. The number of allylic oxidation sites excluding steroid dienone is 2. The Kier molecular flexibility index (Phi) is 6.55. The Morgan fingerprint density at radius 1 is 0.667 bits per heavy atom. The summed E-state index contributed by atoms with van der Waals surface area (Å²) in [5.74, 6) is 0.241. The molecule has 4 nitrogen and oxygen atoms in total. The molecule has 0 atom stereocenters. The van der Waals surface area contributed by atoms with E-state index in [-0.39, 0.29) is 5.41 Å². The fraction of sp³-hybridized carbons (Fsp3) is 0.172. The highest BCUT2D eigenvalue weighted by molar-refractivity contribution is 5.84.